The lowest BCUT2D eigenvalue weighted by atomic mass is 10.0. The smallest absolute Gasteiger partial charge is 0.306 e. The monoisotopic (exact) mass is 1160 g/mol. The fraction of sp³-hybridized carbons (Fsp3) is 0.857. The number of rotatable bonds is 69. The molecule has 1 unspecified atom stereocenters. The Bertz CT molecular complexity index is 1430. The zero-order valence-electron chi connectivity index (χ0n) is 56.0. The van der Waals surface area contributed by atoms with Crippen molar-refractivity contribution in [1.82, 2.24) is 0 Å². The predicted octanol–water partition coefficient (Wildman–Crippen LogP) is 25.7. The average molecular weight is 1160 g/mol. The Labute approximate surface area is 518 Å². The Balaban J connectivity index is 4.07. The van der Waals surface area contributed by atoms with Crippen LogP contribution in [0.1, 0.15) is 406 Å². The molecule has 0 N–H and O–H groups in total. The largest absolute Gasteiger partial charge is 0.462 e. The molecular formula is C77H142O6. The van der Waals surface area contributed by atoms with Crippen LogP contribution in [0.3, 0.4) is 0 Å². The van der Waals surface area contributed by atoms with E-state index in [0.717, 1.165) is 83.5 Å². The van der Waals surface area contributed by atoms with Crippen molar-refractivity contribution >= 4 is 17.9 Å². The molecule has 0 aliphatic rings. The van der Waals surface area contributed by atoms with Gasteiger partial charge in [-0.25, -0.2) is 0 Å². The Morgan fingerprint density at radius 1 is 0.253 bits per heavy atom. The topological polar surface area (TPSA) is 78.9 Å². The molecule has 0 aliphatic heterocycles. The van der Waals surface area contributed by atoms with E-state index in [1.165, 1.54) is 283 Å². The highest BCUT2D eigenvalue weighted by Crippen LogP contribution is 2.19. The average Bonchev–Trinajstić information content (AvgIpc) is 3.49. The molecule has 1 atom stereocenters. The number of hydrogen-bond acceptors (Lipinski definition) is 6. The fourth-order valence-corrected chi connectivity index (χ4v) is 11.3. The highest BCUT2D eigenvalue weighted by Gasteiger charge is 2.19. The van der Waals surface area contributed by atoms with Crippen LogP contribution in [0.15, 0.2) is 48.6 Å². The van der Waals surface area contributed by atoms with Crippen molar-refractivity contribution in [2.45, 2.75) is 412 Å². The summed E-state index contributed by atoms with van der Waals surface area (Å²) in [6, 6.07) is 0. The van der Waals surface area contributed by atoms with Gasteiger partial charge in [-0.3, -0.25) is 14.4 Å². The van der Waals surface area contributed by atoms with E-state index in [0.29, 0.717) is 19.3 Å². The summed E-state index contributed by atoms with van der Waals surface area (Å²) in [6.07, 6.45) is 91.8. The number of carbonyl (C=O) groups excluding carboxylic acids is 3. The Kier molecular flexibility index (Phi) is 69.6. The van der Waals surface area contributed by atoms with Gasteiger partial charge in [-0.15, -0.1) is 0 Å². The molecule has 0 radical (unpaired) electrons. The van der Waals surface area contributed by atoms with Gasteiger partial charge in [0.05, 0.1) is 0 Å². The van der Waals surface area contributed by atoms with Gasteiger partial charge in [0, 0.05) is 19.3 Å². The summed E-state index contributed by atoms with van der Waals surface area (Å²) >= 11 is 0. The summed E-state index contributed by atoms with van der Waals surface area (Å²) in [5, 5.41) is 0. The minimum Gasteiger partial charge on any atom is -0.462 e. The lowest BCUT2D eigenvalue weighted by molar-refractivity contribution is -0.167. The molecule has 0 fully saturated rings. The van der Waals surface area contributed by atoms with Crippen LogP contribution in [0, 0.1) is 0 Å². The molecule has 486 valence electrons. The summed E-state index contributed by atoms with van der Waals surface area (Å²) in [4.78, 5) is 38.4. The van der Waals surface area contributed by atoms with Crippen LogP contribution in [0.4, 0.5) is 0 Å². The summed E-state index contributed by atoms with van der Waals surface area (Å²) in [5.41, 5.74) is 0. The van der Waals surface area contributed by atoms with Crippen LogP contribution >= 0.6 is 0 Å². The molecular weight excluding hydrogens is 1020 g/mol. The van der Waals surface area contributed by atoms with Gasteiger partial charge in [-0.1, -0.05) is 358 Å². The molecule has 6 heteroatoms. The van der Waals surface area contributed by atoms with E-state index in [9.17, 15) is 14.4 Å². The van der Waals surface area contributed by atoms with Crippen molar-refractivity contribution in [3.63, 3.8) is 0 Å². The number of carbonyl (C=O) groups is 3. The zero-order chi connectivity index (χ0) is 59.9. The highest BCUT2D eigenvalue weighted by molar-refractivity contribution is 5.71. The number of allylic oxidation sites excluding steroid dienone is 8. The molecule has 0 saturated heterocycles. The first-order chi connectivity index (χ1) is 41.0. The molecule has 0 spiro atoms. The zero-order valence-corrected chi connectivity index (χ0v) is 56.0. The second-order valence-electron chi connectivity index (χ2n) is 25.2. The first kappa shape index (κ1) is 80.4. The molecule has 0 bridgehead atoms. The van der Waals surface area contributed by atoms with E-state index in [1.54, 1.807) is 0 Å². The van der Waals surface area contributed by atoms with Crippen molar-refractivity contribution in [1.29, 1.82) is 0 Å². The maximum Gasteiger partial charge on any atom is 0.306 e. The molecule has 0 aromatic rings. The van der Waals surface area contributed by atoms with Crippen molar-refractivity contribution in [3.8, 4) is 0 Å². The van der Waals surface area contributed by atoms with E-state index >= 15 is 0 Å². The summed E-state index contributed by atoms with van der Waals surface area (Å²) in [5.74, 6) is -0.880. The maximum atomic E-state index is 12.9. The molecule has 6 nitrogen and oxygen atoms in total. The minimum atomic E-state index is -0.783. The van der Waals surface area contributed by atoms with Gasteiger partial charge < -0.3 is 14.2 Å². The normalized spacial score (nSPS) is 12.3. The van der Waals surface area contributed by atoms with Crippen LogP contribution in [0.25, 0.3) is 0 Å². The van der Waals surface area contributed by atoms with Crippen LogP contribution in [-0.4, -0.2) is 37.2 Å². The first-order valence-electron chi connectivity index (χ1n) is 37.1. The van der Waals surface area contributed by atoms with Crippen molar-refractivity contribution < 1.29 is 28.6 Å². The fourth-order valence-electron chi connectivity index (χ4n) is 11.3. The van der Waals surface area contributed by atoms with Crippen molar-refractivity contribution in [2.75, 3.05) is 13.2 Å². The second-order valence-corrected chi connectivity index (χ2v) is 25.2. The molecule has 0 saturated carbocycles. The molecule has 0 aromatic carbocycles. The molecule has 0 amide bonds. The van der Waals surface area contributed by atoms with E-state index in [1.807, 2.05) is 0 Å². The quantitative estimate of drug-likeness (QED) is 0.0261. The predicted molar refractivity (Wildman–Crippen MR) is 362 cm³/mol. The third-order valence-corrected chi connectivity index (χ3v) is 16.8. The molecule has 0 heterocycles. The summed E-state index contributed by atoms with van der Waals surface area (Å²) in [7, 11) is 0. The molecule has 83 heavy (non-hydrogen) atoms. The van der Waals surface area contributed by atoms with Gasteiger partial charge in [0.2, 0.25) is 0 Å². The SMILES string of the molecule is CC/C=C\C/C=C\C/C=C\CCCCCC(=O)OCC(COC(=O)CCCCCCCCCCCCCCCCCCCCCCCCC/C=C\CCCCCCCCCC)OC(=O)CCCCCCCCCCCCCCCCCCC. The number of esters is 3. The highest BCUT2D eigenvalue weighted by atomic mass is 16.6. The third kappa shape index (κ3) is 70.0. The Morgan fingerprint density at radius 3 is 0.759 bits per heavy atom. The van der Waals surface area contributed by atoms with Gasteiger partial charge in [-0.2, -0.15) is 0 Å². The number of unbranched alkanes of at least 4 members (excludes halogenated alkanes) is 50. The van der Waals surface area contributed by atoms with E-state index in [-0.39, 0.29) is 31.1 Å². The van der Waals surface area contributed by atoms with Crippen LogP contribution in [0.2, 0.25) is 0 Å². The Morgan fingerprint density at radius 2 is 0.470 bits per heavy atom. The molecule has 0 rings (SSSR count). The summed E-state index contributed by atoms with van der Waals surface area (Å²) < 4.78 is 17.0. The van der Waals surface area contributed by atoms with Crippen LogP contribution in [0.5, 0.6) is 0 Å². The first-order valence-corrected chi connectivity index (χ1v) is 37.1. The van der Waals surface area contributed by atoms with Crippen molar-refractivity contribution in [3.05, 3.63) is 48.6 Å². The second kappa shape index (κ2) is 71.8. The van der Waals surface area contributed by atoms with Gasteiger partial charge in [0.1, 0.15) is 13.2 Å². The maximum absolute atomic E-state index is 12.9. The molecule has 0 aliphatic carbocycles. The Hall–Kier alpha value is -2.63. The molecule has 0 aromatic heterocycles. The van der Waals surface area contributed by atoms with Gasteiger partial charge in [-0.05, 0) is 77.0 Å². The lowest BCUT2D eigenvalue weighted by Gasteiger charge is -2.18. The van der Waals surface area contributed by atoms with E-state index in [2.05, 4.69) is 69.4 Å². The van der Waals surface area contributed by atoms with Gasteiger partial charge in [0.25, 0.3) is 0 Å². The van der Waals surface area contributed by atoms with Crippen LogP contribution in [-0.2, 0) is 28.6 Å². The number of ether oxygens (including phenoxy) is 3. The third-order valence-electron chi connectivity index (χ3n) is 16.8. The summed E-state index contributed by atoms with van der Waals surface area (Å²) in [6.45, 7) is 6.57. The number of hydrogen-bond donors (Lipinski definition) is 0. The van der Waals surface area contributed by atoms with Crippen LogP contribution < -0.4 is 0 Å². The van der Waals surface area contributed by atoms with Gasteiger partial charge >= 0.3 is 17.9 Å². The van der Waals surface area contributed by atoms with Crippen molar-refractivity contribution in [2.24, 2.45) is 0 Å². The van der Waals surface area contributed by atoms with E-state index < -0.39 is 6.10 Å². The lowest BCUT2D eigenvalue weighted by Crippen LogP contribution is -2.30. The standard InChI is InChI=1S/C77H142O6/c1-4-7-10-13-16-19-22-25-27-29-30-31-32-33-34-35-36-37-38-39-40-41-42-43-44-45-46-48-49-52-55-58-61-64-67-70-76(79)82-73-74(72-81-75(78)69-66-63-60-57-54-51-24-21-18-15-12-9-6-3)83-77(80)71-68-65-62-59-56-53-50-47-28-26-23-20-17-14-11-8-5-2/h9,12,18,21,29-30,51,54,74H,4-8,10-11,13-17,19-20,22-28,31-50,52-53,55-73H2,1-3H3/b12-9-,21-18-,30-29-,54-51-. The van der Waals surface area contributed by atoms with E-state index in [4.69, 9.17) is 14.2 Å². The van der Waals surface area contributed by atoms with Gasteiger partial charge in [0.15, 0.2) is 6.10 Å². The minimum absolute atomic E-state index is 0.0770.